The van der Waals surface area contributed by atoms with E-state index in [9.17, 15) is 14.7 Å². The minimum absolute atomic E-state index is 0.151. The Morgan fingerprint density at radius 1 is 1.38 bits per heavy atom. The lowest BCUT2D eigenvalue weighted by atomic mass is 9.88. The van der Waals surface area contributed by atoms with Crippen molar-refractivity contribution in [3.8, 4) is 0 Å². The average molecular weight is 422 g/mol. The zero-order valence-corrected chi connectivity index (χ0v) is 19.1. The van der Waals surface area contributed by atoms with E-state index in [1.807, 2.05) is 18.4 Å². The summed E-state index contributed by atoms with van der Waals surface area (Å²) in [6.45, 7) is 12.8. The minimum Gasteiger partial charge on any atom is -0.386 e. The molecular weight excluding hydrogens is 386 g/mol. The van der Waals surface area contributed by atoms with Crippen molar-refractivity contribution in [2.24, 2.45) is 0 Å². The highest BCUT2D eigenvalue weighted by molar-refractivity contribution is 7.14. The average Bonchev–Trinajstić information content (AvgIpc) is 3.12. The van der Waals surface area contributed by atoms with Crippen LogP contribution >= 0.6 is 11.3 Å². The van der Waals surface area contributed by atoms with Gasteiger partial charge in [0.05, 0.1) is 5.60 Å². The molecule has 0 spiro atoms. The Morgan fingerprint density at radius 3 is 2.55 bits per heavy atom. The summed E-state index contributed by atoms with van der Waals surface area (Å²) in [5, 5.41) is 16.7. The highest BCUT2D eigenvalue weighted by atomic mass is 32.1. The smallest absolute Gasteiger partial charge is 0.247 e. The van der Waals surface area contributed by atoms with Crippen molar-refractivity contribution in [2.45, 2.75) is 65.5 Å². The van der Waals surface area contributed by atoms with Gasteiger partial charge in [0.25, 0.3) is 0 Å². The van der Waals surface area contributed by atoms with Crippen molar-refractivity contribution in [2.75, 3.05) is 31.1 Å². The van der Waals surface area contributed by atoms with E-state index < -0.39 is 5.60 Å². The second-order valence-electron chi connectivity index (χ2n) is 8.18. The largest absolute Gasteiger partial charge is 0.386 e. The van der Waals surface area contributed by atoms with Gasteiger partial charge in [-0.05, 0) is 64.9 Å². The zero-order chi connectivity index (χ0) is 21.6. The summed E-state index contributed by atoms with van der Waals surface area (Å²) in [6, 6.07) is 2.03. The van der Waals surface area contributed by atoms with Crippen molar-refractivity contribution in [1.29, 1.82) is 0 Å². The van der Waals surface area contributed by atoms with E-state index in [0.717, 1.165) is 55.9 Å². The molecule has 29 heavy (non-hydrogen) atoms. The normalized spacial score (nSPS) is 17.0. The van der Waals surface area contributed by atoms with Crippen LogP contribution in [0.1, 0.15) is 59.4 Å². The van der Waals surface area contributed by atoms with Gasteiger partial charge in [0.15, 0.2) is 0 Å². The molecule has 2 amide bonds. The molecule has 0 atom stereocenters. The number of carbonyl (C=O) groups excluding carboxylic acids is 2. The van der Waals surface area contributed by atoms with E-state index in [4.69, 9.17) is 0 Å². The number of likely N-dealkylation sites (tertiary alicyclic amines) is 1. The van der Waals surface area contributed by atoms with Crippen LogP contribution in [0.25, 0.3) is 5.57 Å². The van der Waals surface area contributed by atoms with Crippen LogP contribution < -0.4 is 10.2 Å². The van der Waals surface area contributed by atoms with Crippen LogP contribution in [0.3, 0.4) is 0 Å². The lowest BCUT2D eigenvalue weighted by molar-refractivity contribution is -0.118. The van der Waals surface area contributed by atoms with E-state index >= 15 is 0 Å². The quantitative estimate of drug-likeness (QED) is 0.474. The molecule has 162 valence electrons. The van der Waals surface area contributed by atoms with Crippen LogP contribution in [-0.4, -0.2) is 60.1 Å². The van der Waals surface area contributed by atoms with E-state index in [-0.39, 0.29) is 11.9 Å². The Kier molecular flexibility index (Phi) is 8.43. The fourth-order valence-electron chi connectivity index (χ4n) is 3.99. The number of piperidine rings is 1. The molecule has 2 rings (SSSR count). The Morgan fingerprint density at radius 2 is 2.03 bits per heavy atom. The lowest BCUT2D eigenvalue weighted by Gasteiger charge is -2.32. The Balaban J connectivity index is 2.26. The summed E-state index contributed by atoms with van der Waals surface area (Å²) in [4.78, 5) is 28.5. The van der Waals surface area contributed by atoms with E-state index in [0.29, 0.717) is 17.7 Å². The highest BCUT2D eigenvalue weighted by Crippen LogP contribution is 2.39. The fourth-order valence-corrected chi connectivity index (χ4v) is 4.93. The second-order valence-corrected chi connectivity index (χ2v) is 9.07. The lowest BCUT2D eigenvalue weighted by Crippen LogP contribution is -2.45. The summed E-state index contributed by atoms with van der Waals surface area (Å²) in [7, 11) is 0. The molecule has 1 aliphatic rings. The molecular formula is C22H35N3O3S. The molecule has 0 radical (unpaired) electrons. The van der Waals surface area contributed by atoms with Gasteiger partial charge in [0, 0.05) is 42.4 Å². The molecule has 1 aromatic heterocycles. The third kappa shape index (κ3) is 5.90. The van der Waals surface area contributed by atoms with Crippen molar-refractivity contribution in [3.05, 3.63) is 22.6 Å². The number of anilines is 1. The maximum Gasteiger partial charge on any atom is 0.247 e. The molecule has 0 aromatic carbocycles. The molecule has 0 aliphatic carbocycles. The highest BCUT2D eigenvalue weighted by Gasteiger charge is 2.30. The number of aliphatic hydroxyl groups is 1. The molecule has 7 heteroatoms. The molecule has 2 N–H and O–H groups in total. The second kappa shape index (κ2) is 10.4. The Labute approximate surface area is 178 Å². The standard InChI is InChI=1S/C22H35N3O3S/c1-6-11-24-12-8-17(9-13-24)23-20(27)16(3)19(22(4,5)28)18-10-14-29-21(18)25(7-2)15-26/h10,14-15,17,28H,6-9,11-13H2,1-5H3,(H,23,27)/b19-16-. The molecule has 1 aromatic rings. The van der Waals surface area contributed by atoms with Crippen molar-refractivity contribution in [3.63, 3.8) is 0 Å². The molecule has 1 fully saturated rings. The SMILES string of the molecule is CCCN1CCC(NC(=O)/C(C)=C(/c2ccsc2N(C=O)CC)C(C)(C)O)CC1. The van der Waals surface area contributed by atoms with Gasteiger partial charge >= 0.3 is 0 Å². The van der Waals surface area contributed by atoms with Crippen LogP contribution in [0.5, 0.6) is 0 Å². The molecule has 1 saturated heterocycles. The van der Waals surface area contributed by atoms with Crippen LogP contribution in [0.2, 0.25) is 0 Å². The van der Waals surface area contributed by atoms with Gasteiger partial charge in [-0.3, -0.25) is 9.59 Å². The van der Waals surface area contributed by atoms with Gasteiger partial charge < -0.3 is 20.2 Å². The van der Waals surface area contributed by atoms with Crippen LogP contribution in [0.15, 0.2) is 17.0 Å². The number of thiophene rings is 1. The molecule has 1 aliphatic heterocycles. The molecule has 0 bridgehead atoms. The number of amides is 2. The van der Waals surface area contributed by atoms with Gasteiger partial charge in [-0.2, -0.15) is 0 Å². The summed E-state index contributed by atoms with van der Waals surface area (Å²) in [6.07, 6.45) is 3.81. The molecule has 2 heterocycles. The summed E-state index contributed by atoms with van der Waals surface area (Å²) in [5.74, 6) is -0.151. The van der Waals surface area contributed by atoms with Crippen molar-refractivity contribution >= 4 is 34.2 Å². The Hall–Kier alpha value is -1.70. The first-order chi connectivity index (χ1) is 13.7. The first-order valence-corrected chi connectivity index (χ1v) is 11.4. The number of nitrogens with one attached hydrogen (secondary N) is 1. The number of nitrogens with zero attached hydrogens (tertiary/aromatic N) is 2. The third-order valence-electron chi connectivity index (χ3n) is 5.43. The van der Waals surface area contributed by atoms with Gasteiger partial charge in [-0.1, -0.05) is 6.92 Å². The van der Waals surface area contributed by atoms with Crippen LogP contribution in [0, 0.1) is 0 Å². The Bertz CT molecular complexity index is 728. The molecule has 0 unspecified atom stereocenters. The predicted molar refractivity (Wildman–Crippen MR) is 120 cm³/mol. The van der Waals surface area contributed by atoms with Crippen molar-refractivity contribution < 1.29 is 14.7 Å². The number of rotatable bonds is 9. The maximum absolute atomic E-state index is 13.0. The zero-order valence-electron chi connectivity index (χ0n) is 18.3. The van der Waals surface area contributed by atoms with Gasteiger partial charge in [0.2, 0.25) is 12.3 Å². The van der Waals surface area contributed by atoms with Gasteiger partial charge in [-0.15, -0.1) is 11.3 Å². The van der Waals surface area contributed by atoms with E-state index in [1.54, 1.807) is 25.7 Å². The predicted octanol–water partition coefficient (Wildman–Crippen LogP) is 3.27. The number of hydrogen-bond acceptors (Lipinski definition) is 5. The first kappa shape index (κ1) is 23.6. The summed E-state index contributed by atoms with van der Waals surface area (Å²) < 4.78 is 0. The topological polar surface area (TPSA) is 72.9 Å². The summed E-state index contributed by atoms with van der Waals surface area (Å²) >= 11 is 1.43. The van der Waals surface area contributed by atoms with Crippen LogP contribution in [0.4, 0.5) is 5.00 Å². The summed E-state index contributed by atoms with van der Waals surface area (Å²) in [5.41, 5.74) is 0.580. The van der Waals surface area contributed by atoms with Crippen LogP contribution in [-0.2, 0) is 9.59 Å². The van der Waals surface area contributed by atoms with E-state index in [1.165, 1.54) is 11.3 Å². The number of hydrogen-bond donors (Lipinski definition) is 2. The number of carbonyl (C=O) groups is 2. The molecule has 6 nitrogen and oxygen atoms in total. The van der Waals surface area contributed by atoms with Crippen molar-refractivity contribution in [1.82, 2.24) is 10.2 Å². The molecule has 0 saturated carbocycles. The first-order valence-electron chi connectivity index (χ1n) is 10.5. The third-order valence-corrected chi connectivity index (χ3v) is 6.38. The minimum atomic E-state index is -1.22. The van der Waals surface area contributed by atoms with Gasteiger partial charge in [-0.25, -0.2) is 0 Å². The van der Waals surface area contributed by atoms with E-state index in [2.05, 4.69) is 17.1 Å². The monoisotopic (exact) mass is 421 g/mol. The maximum atomic E-state index is 13.0. The van der Waals surface area contributed by atoms with Gasteiger partial charge in [0.1, 0.15) is 5.00 Å². The fraction of sp³-hybridized carbons (Fsp3) is 0.636.